The second-order valence-corrected chi connectivity index (χ2v) is 6.18. The van der Waals surface area contributed by atoms with Crippen LogP contribution in [0.5, 0.6) is 0 Å². The Labute approximate surface area is 149 Å². The van der Waals surface area contributed by atoms with Gasteiger partial charge in [0.1, 0.15) is 0 Å². The second kappa shape index (κ2) is 8.65. The second-order valence-electron chi connectivity index (χ2n) is 6.18. The largest absolute Gasteiger partial charge is 0.378 e. The molecule has 1 atom stereocenters. The first kappa shape index (κ1) is 17.5. The summed E-state index contributed by atoms with van der Waals surface area (Å²) in [5.74, 6) is -0.0384. The molecule has 132 valence electrons. The summed E-state index contributed by atoms with van der Waals surface area (Å²) in [6, 6.07) is 18.2. The highest BCUT2D eigenvalue weighted by Crippen LogP contribution is 2.26. The lowest BCUT2D eigenvalue weighted by Gasteiger charge is -2.30. The molecule has 3 rings (SSSR count). The predicted molar refractivity (Wildman–Crippen MR) is 101 cm³/mol. The fourth-order valence-electron chi connectivity index (χ4n) is 2.96. The van der Waals surface area contributed by atoms with Crippen LogP contribution in [0.2, 0.25) is 0 Å². The van der Waals surface area contributed by atoms with Crippen molar-refractivity contribution >= 4 is 17.3 Å². The molecule has 25 heavy (non-hydrogen) atoms. The molecular weight excluding hydrogens is 314 g/mol. The molecule has 1 heterocycles. The van der Waals surface area contributed by atoms with E-state index >= 15 is 0 Å². The number of carbonyl (C=O) groups is 1. The lowest BCUT2D eigenvalue weighted by Crippen LogP contribution is -2.37. The molecular formula is C20H25N3O2. The van der Waals surface area contributed by atoms with E-state index in [2.05, 4.69) is 34.6 Å². The van der Waals surface area contributed by atoms with Crippen molar-refractivity contribution in [2.45, 2.75) is 13.0 Å². The third-order valence-electron chi connectivity index (χ3n) is 4.40. The van der Waals surface area contributed by atoms with Crippen LogP contribution in [0.25, 0.3) is 0 Å². The van der Waals surface area contributed by atoms with Crippen LogP contribution in [-0.4, -0.2) is 38.8 Å². The third-order valence-corrected chi connectivity index (χ3v) is 4.40. The molecule has 0 saturated carbocycles. The van der Waals surface area contributed by atoms with E-state index < -0.39 is 0 Å². The van der Waals surface area contributed by atoms with E-state index in [1.165, 1.54) is 5.56 Å². The standard InChI is InChI=1S/C20H25N3O2/c1-16(17-7-3-2-4-8-17)21-15-20(24)22-18-9-5-6-10-19(18)23-11-13-25-14-12-23/h2-10,16,21H,11-15H2,1H3,(H,22,24). The zero-order valence-corrected chi connectivity index (χ0v) is 14.6. The highest BCUT2D eigenvalue weighted by molar-refractivity contribution is 5.95. The van der Waals surface area contributed by atoms with Crippen LogP contribution in [0.1, 0.15) is 18.5 Å². The summed E-state index contributed by atoms with van der Waals surface area (Å²) in [4.78, 5) is 14.6. The van der Waals surface area contributed by atoms with Gasteiger partial charge in [-0.05, 0) is 24.6 Å². The molecule has 2 aromatic rings. The summed E-state index contributed by atoms with van der Waals surface area (Å²) in [6.07, 6.45) is 0. The van der Waals surface area contributed by atoms with Gasteiger partial charge in [-0.15, -0.1) is 0 Å². The summed E-state index contributed by atoms with van der Waals surface area (Å²) in [5.41, 5.74) is 3.07. The lowest BCUT2D eigenvalue weighted by atomic mass is 10.1. The molecule has 1 unspecified atom stereocenters. The molecule has 5 nitrogen and oxygen atoms in total. The van der Waals surface area contributed by atoms with E-state index in [0.29, 0.717) is 0 Å². The first-order valence-corrected chi connectivity index (χ1v) is 8.74. The van der Waals surface area contributed by atoms with Crippen molar-refractivity contribution in [1.82, 2.24) is 5.32 Å². The zero-order chi connectivity index (χ0) is 17.5. The van der Waals surface area contributed by atoms with Crippen molar-refractivity contribution in [2.24, 2.45) is 0 Å². The van der Waals surface area contributed by atoms with Crippen molar-refractivity contribution in [2.75, 3.05) is 43.1 Å². The number of nitrogens with one attached hydrogen (secondary N) is 2. The molecule has 1 aliphatic heterocycles. The molecule has 1 saturated heterocycles. The van der Waals surface area contributed by atoms with Gasteiger partial charge in [0.25, 0.3) is 0 Å². The minimum atomic E-state index is -0.0384. The normalized spacial score (nSPS) is 15.6. The zero-order valence-electron chi connectivity index (χ0n) is 14.6. The van der Waals surface area contributed by atoms with E-state index in [-0.39, 0.29) is 18.5 Å². The highest BCUT2D eigenvalue weighted by Gasteiger charge is 2.16. The Morgan fingerprint density at radius 3 is 2.52 bits per heavy atom. The maximum Gasteiger partial charge on any atom is 0.238 e. The van der Waals surface area contributed by atoms with Gasteiger partial charge >= 0.3 is 0 Å². The van der Waals surface area contributed by atoms with Crippen LogP contribution in [-0.2, 0) is 9.53 Å². The molecule has 0 bridgehead atoms. The molecule has 2 N–H and O–H groups in total. The number of amides is 1. The molecule has 1 amide bonds. The van der Waals surface area contributed by atoms with Gasteiger partial charge in [0.2, 0.25) is 5.91 Å². The number of hydrogen-bond donors (Lipinski definition) is 2. The number of morpholine rings is 1. The van der Waals surface area contributed by atoms with Crippen molar-refractivity contribution in [1.29, 1.82) is 0 Å². The molecule has 5 heteroatoms. The van der Waals surface area contributed by atoms with Crippen molar-refractivity contribution in [3.05, 3.63) is 60.2 Å². The minimum Gasteiger partial charge on any atom is -0.378 e. The number of para-hydroxylation sites is 2. The van der Waals surface area contributed by atoms with Gasteiger partial charge < -0.3 is 20.3 Å². The van der Waals surface area contributed by atoms with Crippen LogP contribution in [0, 0.1) is 0 Å². The summed E-state index contributed by atoms with van der Waals surface area (Å²) in [6.45, 7) is 5.46. The van der Waals surface area contributed by atoms with Gasteiger partial charge in [-0.1, -0.05) is 42.5 Å². The first-order valence-electron chi connectivity index (χ1n) is 8.74. The summed E-state index contributed by atoms with van der Waals surface area (Å²) >= 11 is 0. The first-order chi connectivity index (χ1) is 12.2. The van der Waals surface area contributed by atoms with E-state index in [4.69, 9.17) is 4.74 Å². The summed E-state index contributed by atoms with van der Waals surface area (Å²) in [5, 5.41) is 6.30. The van der Waals surface area contributed by atoms with E-state index in [0.717, 1.165) is 37.7 Å². The van der Waals surface area contributed by atoms with Crippen LogP contribution in [0.4, 0.5) is 11.4 Å². The quantitative estimate of drug-likeness (QED) is 0.850. The number of rotatable bonds is 6. The Balaban J connectivity index is 1.58. The lowest BCUT2D eigenvalue weighted by molar-refractivity contribution is -0.115. The number of ether oxygens (including phenoxy) is 1. The Morgan fingerprint density at radius 2 is 1.76 bits per heavy atom. The Hall–Kier alpha value is -2.37. The molecule has 0 radical (unpaired) electrons. The van der Waals surface area contributed by atoms with Gasteiger partial charge in [-0.2, -0.15) is 0 Å². The smallest absolute Gasteiger partial charge is 0.238 e. The van der Waals surface area contributed by atoms with E-state index in [1.807, 2.05) is 42.5 Å². The molecule has 1 aliphatic rings. The van der Waals surface area contributed by atoms with Gasteiger partial charge in [0.05, 0.1) is 31.1 Å². The topological polar surface area (TPSA) is 53.6 Å². The molecule has 0 aliphatic carbocycles. The number of carbonyl (C=O) groups excluding carboxylic acids is 1. The maximum absolute atomic E-state index is 12.4. The van der Waals surface area contributed by atoms with Gasteiger partial charge in [-0.3, -0.25) is 4.79 Å². The van der Waals surface area contributed by atoms with Crippen molar-refractivity contribution in [3.63, 3.8) is 0 Å². The van der Waals surface area contributed by atoms with Gasteiger partial charge in [0.15, 0.2) is 0 Å². The molecule has 0 aromatic heterocycles. The molecule has 0 spiro atoms. The average molecular weight is 339 g/mol. The number of anilines is 2. The number of nitrogens with zero attached hydrogens (tertiary/aromatic N) is 1. The maximum atomic E-state index is 12.4. The Kier molecular flexibility index (Phi) is 6.04. The number of benzene rings is 2. The van der Waals surface area contributed by atoms with Crippen molar-refractivity contribution in [3.8, 4) is 0 Å². The van der Waals surface area contributed by atoms with Crippen LogP contribution < -0.4 is 15.5 Å². The van der Waals surface area contributed by atoms with Crippen LogP contribution >= 0.6 is 0 Å². The van der Waals surface area contributed by atoms with Crippen molar-refractivity contribution < 1.29 is 9.53 Å². The fraction of sp³-hybridized carbons (Fsp3) is 0.350. The average Bonchev–Trinajstić information content (AvgIpc) is 2.68. The van der Waals surface area contributed by atoms with Crippen LogP contribution in [0.15, 0.2) is 54.6 Å². The highest BCUT2D eigenvalue weighted by atomic mass is 16.5. The minimum absolute atomic E-state index is 0.0384. The Bertz CT molecular complexity index is 684. The summed E-state index contributed by atoms with van der Waals surface area (Å²) < 4.78 is 5.41. The molecule has 1 fully saturated rings. The van der Waals surface area contributed by atoms with E-state index in [9.17, 15) is 4.79 Å². The predicted octanol–water partition coefficient (Wildman–Crippen LogP) is 2.81. The summed E-state index contributed by atoms with van der Waals surface area (Å²) in [7, 11) is 0. The van der Waals surface area contributed by atoms with Crippen LogP contribution in [0.3, 0.4) is 0 Å². The third kappa shape index (κ3) is 4.81. The fourth-order valence-corrected chi connectivity index (χ4v) is 2.96. The van der Waals surface area contributed by atoms with Gasteiger partial charge in [0, 0.05) is 19.1 Å². The van der Waals surface area contributed by atoms with Gasteiger partial charge in [-0.25, -0.2) is 0 Å². The Morgan fingerprint density at radius 1 is 1.08 bits per heavy atom. The molecule has 2 aromatic carbocycles. The SMILES string of the molecule is CC(NCC(=O)Nc1ccccc1N1CCOCC1)c1ccccc1. The van der Waals surface area contributed by atoms with E-state index in [1.54, 1.807) is 0 Å². The monoisotopic (exact) mass is 339 g/mol. The number of hydrogen-bond acceptors (Lipinski definition) is 4.